The van der Waals surface area contributed by atoms with Crippen LogP contribution in [0.15, 0.2) is 0 Å². The molecule has 2 aliphatic rings. The summed E-state index contributed by atoms with van der Waals surface area (Å²) in [5, 5.41) is 14.8. The number of aliphatic hydroxyl groups is 1. The number of hydrogen-bond donors (Lipinski definition) is 3. The van der Waals surface area contributed by atoms with Crippen molar-refractivity contribution >= 4 is 18.1 Å². The highest BCUT2D eigenvalue weighted by Gasteiger charge is 2.43. The predicted molar refractivity (Wildman–Crippen MR) is 57.9 cm³/mol. The average Bonchev–Trinajstić information content (AvgIpc) is 2.23. The van der Waals surface area contributed by atoms with Crippen LogP contribution in [0, 0.1) is 5.92 Å². The molecule has 94 valence electrons. The highest BCUT2D eigenvalue weighted by molar-refractivity contribution is 6.02. The van der Waals surface area contributed by atoms with Crippen LogP contribution in [0.2, 0.25) is 0 Å². The molecule has 2 fully saturated rings. The molecule has 2 amide bonds. The first-order valence-electron chi connectivity index (χ1n) is 5.82. The van der Waals surface area contributed by atoms with Crippen LogP contribution >= 0.6 is 0 Å². The Morgan fingerprint density at radius 1 is 1.53 bits per heavy atom. The first kappa shape index (κ1) is 12.0. The van der Waals surface area contributed by atoms with Gasteiger partial charge in [0.25, 0.3) is 0 Å². The molecule has 0 aromatic carbocycles. The number of aliphatic hydroxyl groups excluding tert-OH is 1. The number of rotatable bonds is 3. The summed E-state index contributed by atoms with van der Waals surface area (Å²) >= 11 is 0. The average molecular weight is 240 g/mol. The molecule has 0 aromatic heterocycles. The zero-order valence-corrected chi connectivity index (χ0v) is 9.44. The number of carbonyl (C=O) groups excluding carboxylic acids is 3. The Bertz CT molecular complexity index is 351. The van der Waals surface area contributed by atoms with Crippen molar-refractivity contribution in [2.24, 2.45) is 5.92 Å². The second kappa shape index (κ2) is 4.44. The van der Waals surface area contributed by atoms with E-state index in [1.165, 1.54) is 0 Å². The van der Waals surface area contributed by atoms with Crippen LogP contribution in [0.1, 0.15) is 25.7 Å². The molecular formula is C11H16N2O4. The first-order valence-corrected chi connectivity index (χ1v) is 5.82. The molecule has 0 radical (unpaired) electrons. The number of nitrogens with one attached hydrogen (secondary N) is 2. The maximum Gasteiger partial charge on any atom is 0.236 e. The quantitative estimate of drug-likeness (QED) is 0.423. The molecule has 1 heterocycles. The lowest BCUT2D eigenvalue weighted by molar-refractivity contribution is -0.145. The summed E-state index contributed by atoms with van der Waals surface area (Å²) in [5.74, 6) is -2.12. The molecule has 1 aliphatic carbocycles. The van der Waals surface area contributed by atoms with E-state index in [4.69, 9.17) is 0 Å². The third kappa shape index (κ3) is 2.17. The van der Waals surface area contributed by atoms with Gasteiger partial charge in [0.05, 0.1) is 11.6 Å². The van der Waals surface area contributed by atoms with Crippen molar-refractivity contribution < 1.29 is 19.5 Å². The van der Waals surface area contributed by atoms with Gasteiger partial charge in [0.2, 0.25) is 11.8 Å². The maximum absolute atomic E-state index is 11.9. The lowest BCUT2D eigenvalue weighted by atomic mass is 9.77. The summed E-state index contributed by atoms with van der Waals surface area (Å²) in [7, 11) is 0. The smallest absolute Gasteiger partial charge is 0.236 e. The van der Waals surface area contributed by atoms with Crippen LogP contribution in [-0.4, -0.2) is 41.4 Å². The van der Waals surface area contributed by atoms with Gasteiger partial charge in [-0.15, -0.1) is 0 Å². The van der Waals surface area contributed by atoms with Crippen LogP contribution in [0.5, 0.6) is 0 Å². The maximum atomic E-state index is 11.9. The number of hydrogen-bond acceptors (Lipinski definition) is 4. The minimum absolute atomic E-state index is 0.359. The highest BCUT2D eigenvalue weighted by atomic mass is 16.3. The normalized spacial score (nSPS) is 31.0. The van der Waals surface area contributed by atoms with Crippen LogP contribution in [-0.2, 0) is 14.4 Å². The molecule has 0 spiro atoms. The molecule has 1 saturated carbocycles. The third-order valence-corrected chi connectivity index (χ3v) is 3.53. The molecule has 0 bridgehead atoms. The molecule has 17 heavy (non-hydrogen) atoms. The fourth-order valence-corrected chi connectivity index (χ4v) is 2.24. The largest absolute Gasteiger partial charge is 0.392 e. The summed E-state index contributed by atoms with van der Waals surface area (Å²) in [6.45, 7) is 0.378. The summed E-state index contributed by atoms with van der Waals surface area (Å²) in [6, 6.07) is 0. The van der Waals surface area contributed by atoms with Crippen molar-refractivity contribution in [1.82, 2.24) is 10.6 Å². The number of piperidine rings is 1. The van der Waals surface area contributed by atoms with Gasteiger partial charge >= 0.3 is 0 Å². The predicted octanol–water partition coefficient (Wildman–Crippen LogP) is -1.28. The number of amides is 2. The molecule has 6 nitrogen and oxygen atoms in total. The lowest BCUT2D eigenvalue weighted by Crippen LogP contribution is -2.60. The Kier molecular flexibility index (Phi) is 3.15. The van der Waals surface area contributed by atoms with Gasteiger partial charge in [-0.2, -0.15) is 0 Å². The van der Waals surface area contributed by atoms with Crippen LogP contribution in [0.4, 0.5) is 0 Å². The minimum Gasteiger partial charge on any atom is -0.392 e. The molecule has 0 aromatic rings. The zero-order chi connectivity index (χ0) is 12.5. The molecular weight excluding hydrogens is 224 g/mol. The Hall–Kier alpha value is -1.43. The van der Waals surface area contributed by atoms with Gasteiger partial charge in [-0.25, -0.2) is 0 Å². The van der Waals surface area contributed by atoms with E-state index in [0.29, 0.717) is 25.8 Å². The monoisotopic (exact) mass is 240 g/mol. The van der Waals surface area contributed by atoms with E-state index in [0.717, 1.165) is 12.7 Å². The zero-order valence-electron chi connectivity index (χ0n) is 9.44. The molecule has 3 N–H and O–H groups in total. The van der Waals surface area contributed by atoms with Gasteiger partial charge in [-0.1, -0.05) is 0 Å². The number of carbonyl (C=O) groups is 3. The summed E-state index contributed by atoms with van der Waals surface area (Å²) < 4.78 is 0. The lowest BCUT2D eigenvalue weighted by Gasteiger charge is -2.39. The van der Waals surface area contributed by atoms with Crippen LogP contribution in [0.3, 0.4) is 0 Å². The standard InChI is InChI=1S/C11H16N2O4/c14-6-11(3-1-4-11)13-10(17)8-7(15)2-5-12-9(8)16/h6-8,15H,1-5H2,(H,12,16)(H,13,17). The van der Waals surface area contributed by atoms with E-state index in [9.17, 15) is 19.5 Å². The van der Waals surface area contributed by atoms with E-state index < -0.39 is 29.4 Å². The Balaban J connectivity index is 2.03. The molecule has 1 saturated heterocycles. The van der Waals surface area contributed by atoms with Gasteiger partial charge < -0.3 is 20.5 Å². The fraction of sp³-hybridized carbons (Fsp3) is 0.727. The highest BCUT2D eigenvalue weighted by Crippen LogP contribution is 2.30. The molecule has 2 unspecified atom stereocenters. The molecule has 2 atom stereocenters. The second-order valence-electron chi connectivity index (χ2n) is 4.74. The van der Waals surface area contributed by atoms with E-state index in [-0.39, 0.29) is 0 Å². The Morgan fingerprint density at radius 2 is 2.24 bits per heavy atom. The van der Waals surface area contributed by atoms with Crippen LogP contribution < -0.4 is 10.6 Å². The van der Waals surface area contributed by atoms with Gasteiger partial charge in [0.15, 0.2) is 0 Å². The second-order valence-corrected chi connectivity index (χ2v) is 4.74. The SMILES string of the molecule is O=CC1(NC(=O)C2C(=O)NCCC2O)CCC1. The minimum atomic E-state index is -1.10. The van der Waals surface area contributed by atoms with Crippen molar-refractivity contribution in [3.05, 3.63) is 0 Å². The van der Waals surface area contributed by atoms with Gasteiger partial charge in [-0.05, 0) is 25.7 Å². The van der Waals surface area contributed by atoms with E-state index >= 15 is 0 Å². The van der Waals surface area contributed by atoms with Crippen molar-refractivity contribution in [3.63, 3.8) is 0 Å². The van der Waals surface area contributed by atoms with Crippen LogP contribution in [0.25, 0.3) is 0 Å². The summed E-state index contributed by atoms with van der Waals surface area (Å²) in [5.41, 5.74) is -0.811. The van der Waals surface area contributed by atoms with Gasteiger partial charge in [0.1, 0.15) is 12.2 Å². The first-order chi connectivity index (χ1) is 8.08. The summed E-state index contributed by atoms with van der Waals surface area (Å²) in [6.07, 6.45) is 2.21. The molecule has 6 heteroatoms. The van der Waals surface area contributed by atoms with Gasteiger partial charge in [0, 0.05) is 6.54 Å². The fourth-order valence-electron chi connectivity index (χ4n) is 2.24. The summed E-state index contributed by atoms with van der Waals surface area (Å²) in [4.78, 5) is 34.3. The topological polar surface area (TPSA) is 95.5 Å². The molecule has 2 rings (SSSR count). The van der Waals surface area contributed by atoms with Crippen molar-refractivity contribution in [3.8, 4) is 0 Å². The van der Waals surface area contributed by atoms with E-state index in [1.54, 1.807) is 0 Å². The number of aldehydes is 1. The third-order valence-electron chi connectivity index (χ3n) is 3.53. The van der Waals surface area contributed by atoms with Crippen molar-refractivity contribution in [1.29, 1.82) is 0 Å². The Labute approximate surface area is 98.8 Å². The van der Waals surface area contributed by atoms with Crippen molar-refractivity contribution in [2.75, 3.05) is 6.54 Å². The Morgan fingerprint density at radius 3 is 2.71 bits per heavy atom. The van der Waals surface area contributed by atoms with Gasteiger partial charge in [-0.3, -0.25) is 9.59 Å². The van der Waals surface area contributed by atoms with E-state index in [2.05, 4.69) is 10.6 Å². The van der Waals surface area contributed by atoms with Crippen molar-refractivity contribution in [2.45, 2.75) is 37.3 Å². The van der Waals surface area contributed by atoms with E-state index in [1.807, 2.05) is 0 Å². The molecule has 1 aliphatic heterocycles.